The molecule has 0 aromatic heterocycles. The van der Waals surface area contributed by atoms with Crippen molar-refractivity contribution < 1.29 is 0 Å². The molecule has 18 heavy (non-hydrogen) atoms. The zero-order valence-electron chi connectivity index (χ0n) is 12.5. The first kappa shape index (κ1) is 15.2. The third-order valence-electron chi connectivity index (χ3n) is 3.64. The Balaban J connectivity index is 2.95. The molecule has 0 aliphatic heterocycles. The van der Waals surface area contributed by atoms with Crippen LogP contribution in [0.5, 0.6) is 0 Å². The molecule has 0 saturated heterocycles. The maximum Gasteiger partial charge on any atom is 0.0470 e. The molecule has 1 atom stereocenters. The second-order valence-electron chi connectivity index (χ2n) is 5.84. The molecule has 1 aromatic carbocycles. The van der Waals surface area contributed by atoms with Crippen molar-refractivity contribution in [3.63, 3.8) is 0 Å². The van der Waals surface area contributed by atoms with Gasteiger partial charge in [-0.25, -0.2) is 0 Å². The molecule has 0 radical (unpaired) electrons. The highest BCUT2D eigenvalue weighted by molar-refractivity contribution is 5.29. The zero-order valence-corrected chi connectivity index (χ0v) is 12.5. The molecule has 102 valence electrons. The zero-order chi connectivity index (χ0) is 13.8. The van der Waals surface area contributed by atoms with E-state index in [2.05, 4.69) is 63.8 Å². The lowest BCUT2D eigenvalue weighted by molar-refractivity contribution is 0.224. The van der Waals surface area contributed by atoms with Crippen molar-refractivity contribution in [2.45, 2.75) is 46.1 Å². The summed E-state index contributed by atoms with van der Waals surface area (Å²) in [6.45, 7) is 13.9. The molecule has 0 saturated carbocycles. The standard InChI is InChI=1S/C16H28N2/c1-6-18(7-2)15(12-17)13-8-10-14(11-9-13)16(3,4)5/h8-11,15H,6-7,12,17H2,1-5H3/t15-/m1/s1. The number of nitrogens with two attached hydrogens (primary N) is 1. The summed E-state index contributed by atoms with van der Waals surface area (Å²) in [5.41, 5.74) is 8.86. The number of rotatable bonds is 5. The summed E-state index contributed by atoms with van der Waals surface area (Å²) >= 11 is 0. The Bertz CT molecular complexity index is 344. The highest BCUT2D eigenvalue weighted by Gasteiger charge is 2.18. The highest BCUT2D eigenvalue weighted by Crippen LogP contribution is 2.25. The van der Waals surface area contributed by atoms with E-state index in [0.717, 1.165) is 13.1 Å². The van der Waals surface area contributed by atoms with E-state index in [0.29, 0.717) is 12.6 Å². The van der Waals surface area contributed by atoms with Crippen molar-refractivity contribution >= 4 is 0 Å². The van der Waals surface area contributed by atoms with Gasteiger partial charge in [-0.2, -0.15) is 0 Å². The molecule has 0 aliphatic rings. The molecule has 0 heterocycles. The fourth-order valence-electron chi connectivity index (χ4n) is 2.37. The molecule has 0 spiro atoms. The quantitative estimate of drug-likeness (QED) is 0.866. The lowest BCUT2D eigenvalue weighted by Crippen LogP contribution is -2.33. The molecule has 1 aromatic rings. The molecule has 2 nitrogen and oxygen atoms in total. The van der Waals surface area contributed by atoms with Crippen LogP contribution in [-0.4, -0.2) is 24.5 Å². The minimum absolute atomic E-state index is 0.214. The van der Waals surface area contributed by atoms with Gasteiger partial charge in [0.25, 0.3) is 0 Å². The molecule has 1 rings (SSSR count). The van der Waals surface area contributed by atoms with Crippen LogP contribution < -0.4 is 5.73 Å². The van der Waals surface area contributed by atoms with E-state index in [1.807, 2.05) is 0 Å². The summed E-state index contributed by atoms with van der Waals surface area (Å²) in [5.74, 6) is 0. The van der Waals surface area contributed by atoms with Crippen molar-refractivity contribution in [2.75, 3.05) is 19.6 Å². The Morgan fingerprint density at radius 3 is 1.89 bits per heavy atom. The van der Waals surface area contributed by atoms with Gasteiger partial charge in [0.1, 0.15) is 0 Å². The Hall–Kier alpha value is -0.860. The summed E-state index contributed by atoms with van der Waals surface area (Å²) in [4.78, 5) is 2.41. The van der Waals surface area contributed by atoms with Gasteiger partial charge in [-0.1, -0.05) is 58.9 Å². The van der Waals surface area contributed by atoms with E-state index in [9.17, 15) is 0 Å². The third kappa shape index (κ3) is 3.56. The second kappa shape index (κ2) is 6.35. The number of benzene rings is 1. The van der Waals surface area contributed by atoms with Crippen LogP contribution in [-0.2, 0) is 5.41 Å². The predicted molar refractivity (Wildman–Crippen MR) is 79.9 cm³/mol. The Morgan fingerprint density at radius 1 is 1.06 bits per heavy atom. The van der Waals surface area contributed by atoms with Crippen molar-refractivity contribution in [1.29, 1.82) is 0 Å². The van der Waals surface area contributed by atoms with Gasteiger partial charge in [-0.3, -0.25) is 4.90 Å². The first-order chi connectivity index (χ1) is 8.43. The summed E-state index contributed by atoms with van der Waals surface area (Å²) in [7, 11) is 0. The average molecular weight is 248 g/mol. The van der Waals surface area contributed by atoms with Gasteiger partial charge in [0, 0.05) is 12.6 Å². The fraction of sp³-hybridized carbons (Fsp3) is 0.625. The normalized spacial score (nSPS) is 13.9. The number of likely N-dealkylation sites (N-methyl/N-ethyl adjacent to an activating group) is 1. The van der Waals surface area contributed by atoms with Crippen LogP contribution in [0, 0.1) is 0 Å². The Labute approximate surface area is 112 Å². The van der Waals surface area contributed by atoms with Crippen LogP contribution in [0.3, 0.4) is 0 Å². The van der Waals surface area contributed by atoms with E-state index < -0.39 is 0 Å². The van der Waals surface area contributed by atoms with E-state index in [-0.39, 0.29) is 5.41 Å². The predicted octanol–water partition coefficient (Wildman–Crippen LogP) is 3.33. The molecule has 2 heteroatoms. The van der Waals surface area contributed by atoms with Crippen LogP contribution in [0.1, 0.15) is 51.8 Å². The SMILES string of the molecule is CCN(CC)[C@H](CN)c1ccc(C(C)(C)C)cc1. The number of hydrogen-bond acceptors (Lipinski definition) is 2. The minimum Gasteiger partial charge on any atom is -0.329 e. The van der Waals surface area contributed by atoms with Crippen LogP contribution >= 0.6 is 0 Å². The lowest BCUT2D eigenvalue weighted by Gasteiger charge is -2.29. The molecular weight excluding hydrogens is 220 g/mol. The summed E-state index contributed by atoms with van der Waals surface area (Å²) in [6, 6.07) is 9.28. The van der Waals surface area contributed by atoms with E-state index in [1.165, 1.54) is 11.1 Å². The molecule has 0 bridgehead atoms. The highest BCUT2D eigenvalue weighted by atomic mass is 15.2. The van der Waals surface area contributed by atoms with Gasteiger partial charge < -0.3 is 5.73 Å². The van der Waals surface area contributed by atoms with E-state index >= 15 is 0 Å². The van der Waals surface area contributed by atoms with Gasteiger partial charge in [-0.05, 0) is 29.6 Å². The van der Waals surface area contributed by atoms with Crippen molar-refractivity contribution in [3.8, 4) is 0 Å². The summed E-state index contributed by atoms with van der Waals surface area (Å²) in [5, 5.41) is 0. The topological polar surface area (TPSA) is 29.3 Å². The lowest BCUT2D eigenvalue weighted by atomic mass is 9.86. The van der Waals surface area contributed by atoms with Crippen molar-refractivity contribution in [2.24, 2.45) is 5.73 Å². The largest absolute Gasteiger partial charge is 0.329 e. The molecule has 0 unspecified atom stereocenters. The monoisotopic (exact) mass is 248 g/mol. The van der Waals surface area contributed by atoms with Crippen LogP contribution in [0.4, 0.5) is 0 Å². The van der Waals surface area contributed by atoms with Crippen LogP contribution in [0.25, 0.3) is 0 Å². The minimum atomic E-state index is 0.214. The summed E-state index contributed by atoms with van der Waals surface area (Å²) in [6.07, 6.45) is 0. The molecule has 0 aliphatic carbocycles. The summed E-state index contributed by atoms with van der Waals surface area (Å²) < 4.78 is 0. The Kier molecular flexibility index (Phi) is 5.36. The average Bonchev–Trinajstić information content (AvgIpc) is 2.35. The molecule has 2 N–H and O–H groups in total. The Morgan fingerprint density at radius 2 is 1.56 bits per heavy atom. The first-order valence-electron chi connectivity index (χ1n) is 6.98. The number of nitrogens with zero attached hydrogens (tertiary/aromatic N) is 1. The van der Waals surface area contributed by atoms with Crippen LogP contribution in [0.2, 0.25) is 0 Å². The second-order valence-corrected chi connectivity index (χ2v) is 5.84. The smallest absolute Gasteiger partial charge is 0.0470 e. The first-order valence-corrected chi connectivity index (χ1v) is 6.98. The van der Waals surface area contributed by atoms with Gasteiger partial charge >= 0.3 is 0 Å². The van der Waals surface area contributed by atoms with Crippen molar-refractivity contribution in [1.82, 2.24) is 4.90 Å². The van der Waals surface area contributed by atoms with Gasteiger partial charge in [-0.15, -0.1) is 0 Å². The van der Waals surface area contributed by atoms with Crippen LogP contribution in [0.15, 0.2) is 24.3 Å². The van der Waals surface area contributed by atoms with Gasteiger partial charge in [0.2, 0.25) is 0 Å². The molecule has 0 fully saturated rings. The van der Waals surface area contributed by atoms with E-state index in [4.69, 9.17) is 5.73 Å². The van der Waals surface area contributed by atoms with Gasteiger partial charge in [0.15, 0.2) is 0 Å². The fourth-order valence-corrected chi connectivity index (χ4v) is 2.37. The van der Waals surface area contributed by atoms with E-state index in [1.54, 1.807) is 0 Å². The third-order valence-corrected chi connectivity index (χ3v) is 3.64. The maximum atomic E-state index is 5.94. The number of hydrogen-bond donors (Lipinski definition) is 1. The molecule has 0 amide bonds. The van der Waals surface area contributed by atoms with Gasteiger partial charge in [0.05, 0.1) is 0 Å². The maximum absolute atomic E-state index is 5.94. The van der Waals surface area contributed by atoms with Crippen molar-refractivity contribution in [3.05, 3.63) is 35.4 Å². The molecular formula is C16H28N2.